The van der Waals surface area contributed by atoms with E-state index in [1.165, 1.54) is 16.7 Å². The molecule has 1 aromatic carbocycles. The summed E-state index contributed by atoms with van der Waals surface area (Å²) < 4.78 is 0. The van der Waals surface area contributed by atoms with Crippen LogP contribution >= 0.6 is 0 Å². The molecule has 0 fully saturated rings. The molecule has 0 aliphatic heterocycles. The molecule has 2 unspecified atom stereocenters. The lowest BCUT2D eigenvalue weighted by Crippen LogP contribution is -2.27. The lowest BCUT2D eigenvalue weighted by molar-refractivity contribution is 0.522. The van der Waals surface area contributed by atoms with Crippen molar-refractivity contribution in [3.8, 4) is 0 Å². The maximum Gasteiger partial charge on any atom is 0.0102 e. The number of nitrogens with one attached hydrogen (secondary N) is 1. The minimum atomic E-state index is 0.524. The van der Waals surface area contributed by atoms with E-state index in [1.54, 1.807) is 0 Å². The van der Waals surface area contributed by atoms with Crippen LogP contribution in [0.25, 0.3) is 0 Å². The van der Waals surface area contributed by atoms with Gasteiger partial charge in [0.2, 0.25) is 0 Å². The highest BCUT2D eigenvalue weighted by atomic mass is 14.9. The summed E-state index contributed by atoms with van der Waals surface area (Å²) in [6, 6.07) is 7.21. The van der Waals surface area contributed by atoms with Gasteiger partial charge < -0.3 is 5.32 Å². The minimum Gasteiger partial charge on any atom is -0.317 e. The summed E-state index contributed by atoms with van der Waals surface area (Å²) in [5.41, 5.74) is 4.21. The van der Waals surface area contributed by atoms with Gasteiger partial charge in [-0.15, -0.1) is 0 Å². The van der Waals surface area contributed by atoms with Gasteiger partial charge in [-0.25, -0.2) is 0 Å². The molecule has 2 atom stereocenters. The third kappa shape index (κ3) is 2.36. The van der Waals surface area contributed by atoms with Crippen LogP contribution in [0.1, 0.15) is 36.5 Å². The molecule has 0 aliphatic carbocycles. The van der Waals surface area contributed by atoms with E-state index >= 15 is 0 Å². The zero-order valence-electron chi connectivity index (χ0n) is 9.89. The molecule has 1 heteroatoms. The van der Waals surface area contributed by atoms with Crippen molar-refractivity contribution in [2.24, 2.45) is 0 Å². The van der Waals surface area contributed by atoms with E-state index in [4.69, 9.17) is 0 Å². The number of likely N-dealkylation sites (N-methyl/N-ethyl adjacent to an activating group) is 1. The summed E-state index contributed by atoms with van der Waals surface area (Å²) >= 11 is 0. The zero-order chi connectivity index (χ0) is 10.7. The van der Waals surface area contributed by atoms with Gasteiger partial charge in [-0.3, -0.25) is 0 Å². The standard InChI is InChI=1S/C13H21N/c1-9-6-7-10(2)13(8-9)11(3)12(4)14-5/h6-8,11-12,14H,1-5H3. The van der Waals surface area contributed by atoms with Crippen molar-refractivity contribution in [2.75, 3.05) is 7.05 Å². The Morgan fingerprint density at radius 1 is 1.14 bits per heavy atom. The minimum absolute atomic E-state index is 0.524. The van der Waals surface area contributed by atoms with E-state index in [9.17, 15) is 0 Å². The zero-order valence-corrected chi connectivity index (χ0v) is 9.89. The Morgan fingerprint density at radius 2 is 1.79 bits per heavy atom. The lowest BCUT2D eigenvalue weighted by Gasteiger charge is -2.21. The maximum absolute atomic E-state index is 3.31. The molecule has 0 aromatic heterocycles. The molecule has 1 rings (SSSR count). The van der Waals surface area contributed by atoms with E-state index in [-0.39, 0.29) is 0 Å². The van der Waals surface area contributed by atoms with Gasteiger partial charge in [-0.1, -0.05) is 30.7 Å². The normalized spacial score (nSPS) is 15.2. The smallest absolute Gasteiger partial charge is 0.0102 e. The second-order valence-electron chi connectivity index (χ2n) is 4.23. The molecule has 0 bridgehead atoms. The number of hydrogen-bond donors (Lipinski definition) is 1. The highest BCUT2D eigenvalue weighted by Gasteiger charge is 2.14. The number of aryl methyl sites for hydroxylation is 2. The first-order valence-corrected chi connectivity index (χ1v) is 5.30. The summed E-state index contributed by atoms with van der Waals surface area (Å²) in [6.45, 7) is 8.85. The third-order valence-corrected chi connectivity index (χ3v) is 3.13. The Bertz CT molecular complexity index is 304. The molecule has 0 aliphatic rings. The average Bonchev–Trinajstić information content (AvgIpc) is 2.19. The van der Waals surface area contributed by atoms with Crippen LogP contribution in [0, 0.1) is 13.8 Å². The Morgan fingerprint density at radius 3 is 2.36 bits per heavy atom. The van der Waals surface area contributed by atoms with E-state index in [0.717, 1.165) is 0 Å². The highest BCUT2D eigenvalue weighted by Crippen LogP contribution is 2.23. The van der Waals surface area contributed by atoms with Gasteiger partial charge in [0.05, 0.1) is 0 Å². The van der Waals surface area contributed by atoms with Gasteiger partial charge in [0, 0.05) is 6.04 Å². The molecule has 0 spiro atoms. The topological polar surface area (TPSA) is 12.0 Å². The Balaban J connectivity index is 2.99. The second-order valence-corrected chi connectivity index (χ2v) is 4.23. The van der Waals surface area contributed by atoms with Crippen LogP contribution in [0.2, 0.25) is 0 Å². The van der Waals surface area contributed by atoms with Gasteiger partial charge in [0.25, 0.3) is 0 Å². The Labute approximate surface area is 87.5 Å². The predicted molar refractivity (Wildman–Crippen MR) is 62.9 cm³/mol. The summed E-state index contributed by atoms with van der Waals surface area (Å²) in [6.07, 6.45) is 0. The van der Waals surface area contributed by atoms with Crippen molar-refractivity contribution in [2.45, 2.75) is 39.7 Å². The van der Waals surface area contributed by atoms with Gasteiger partial charge in [0.15, 0.2) is 0 Å². The van der Waals surface area contributed by atoms with Crippen molar-refractivity contribution in [3.05, 3.63) is 34.9 Å². The molecule has 1 nitrogen and oxygen atoms in total. The molecule has 0 heterocycles. The second kappa shape index (κ2) is 4.61. The fourth-order valence-electron chi connectivity index (χ4n) is 1.77. The van der Waals surface area contributed by atoms with Crippen molar-refractivity contribution in [3.63, 3.8) is 0 Å². The lowest BCUT2D eigenvalue weighted by atomic mass is 9.90. The fourth-order valence-corrected chi connectivity index (χ4v) is 1.77. The predicted octanol–water partition coefficient (Wildman–Crippen LogP) is 3.01. The van der Waals surface area contributed by atoms with Crippen LogP contribution in [-0.4, -0.2) is 13.1 Å². The largest absolute Gasteiger partial charge is 0.317 e. The molecule has 0 radical (unpaired) electrons. The molecule has 0 saturated heterocycles. The number of hydrogen-bond acceptors (Lipinski definition) is 1. The molecule has 1 aromatic rings. The molecule has 0 amide bonds. The van der Waals surface area contributed by atoms with Crippen molar-refractivity contribution in [1.82, 2.24) is 5.32 Å². The van der Waals surface area contributed by atoms with Gasteiger partial charge in [-0.2, -0.15) is 0 Å². The van der Waals surface area contributed by atoms with Crippen LogP contribution in [0.4, 0.5) is 0 Å². The van der Waals surface area contributed by atoms with Gasteiger partial charge >= 0.3 is 0 Å². The third-order valence-electron chi connectivity index (χ3n) is 3.13. The molecule has 0 saturated carbocycles. The van der Waals surface area contributed by atoms with Gasteiger partial charge in [-0.05, 0) is 44.9 Å². The maximum atomic E-state index is 3.31. The van der Waals surface area contributed by atoms with Crippen molar-refractivity contribution < 1.29 is 0 Å². The number of benzene rings is 1. The summed E-state index contributed by atoms with van der Waals surface area (Å²) in [7, 11) is 2.02. The molecule has 14 heavy (non-hydrogen) atoms. The molecular formula is C13H21N. The van der Waals surface area contributed by atoms with Crippen LogP contribution in [0.15, 0.2) is 18.2 Å². The van der Waals surface area contributed by atoms with Crippen LogP contribution in [0.5, 0.6) is 0 Å². The Hall–Kier alpha value is -0.820. The van der Waals surface area contributed by atoms with Crippen molar-refractivity contribution in [1.29, 1.82) is 0 Å². The summed E-state index contributed by atoms with van der Waals surface area (Å²) in [4.78, 5) is 0. The first-order chi connectivity index (χ1) is 6.56. The SMILES string of the molecule is CNC(C)C(C)c1cc(C)ccc1C. The molecule has 1 N–H and O–H groups in total. The van der Waals surface area contributed by atoms with Crippen LogP contribution in [0.3, 0.4) is 0 Å². The molecular weight excluding hydrogens is 170 g/mol. The van der Waals surface area contributed by atoms with E-state index in [1.807, 2.05) is 7.05 Å². The Kier molecular flexibility index (Phi) is 3.70. The van der Waals surface area contributed by atoms with E-state index in [2.05, 4.69) is 51.2 Å². The first kappa shape index (κ1) is 11.3. The average molecular weight is 191 g/mol. The van der Waals surface area contributed by atoms with Crippen LogP contribution < -0.4 is 5.32 Å². The first-order valence-electron chi connectivity index (χ1n) is 5.30. The van der Waals surface area contributed by atoms with E-state index < -0.39 is 0 Å². The molecule has 78 valence electrons. The number of rotatable bonds is 3. The summed E-state index contributed by atoms with van der Waals surface area (Å²) in [5.74, 6) is 0.569. The highest BCUT2D eigenvalue weighted by molar-refractivity contribution is 5.33. The summed E-state index contributed by atoms with van der Waals surface area (Å²) in [5, 5.41) is 3.31. The van der Waals surface area contributed by atoms with E-state index in [0.29, 0.717) is 12.0 Å². The van der Waals surface area contributed by atoms with Crippen LogP contribution in [-0.2, 0) is 0 Å². The van der Waals surface area contributed by atoms with Gasteiger partial charge in [0.1, 0.15) is 0 Å². The monoisotopic (exact) mass is 191 g/mol. The fraction of sp³-hybridized carbons (Fsp3) is 0.538. The quantitative estimate of drug-likeness (QED) is 0.774. The van der Waals surface area contributed by atoms with Crippen molar-refractivity contribution >= 4 is 0 Å².